The molecule has 0 aliphatic heterocycles. The van der Waals surface area contributed by atoms with Crippen molar-refractivity contribution in [1.82, 2.24) is 0 Å². The van der Waals surface area contributed by atoms with Crippen LogP contribution in [0.4, 0.5) is 8.78 Å². The van der Waals surface area contributed by atoms with Crippen molar-refractivity contribution in [1.29, 1.82) is 0 Å². The van der Waals surface area contributed by atoms with Gasteiger partial charge in [-0.05, 0) is 18.2 Å². The number of hydrogen-bond donors (Lipinski definition) is 1. The van der Waals surface area contributed by atoms with Gasteiger partial charge in [-0.1, -0.05) is 0 Å². The zero-order valence-electron chi connectivity index (χ0n) is 6.55. The SMILES string of the molecule is OCc1cc2c(F)ccc(F)c2o1. The highest BCUT2D eigenvalue weighted by atomic mass is 19.1. The number of hydrogen-bond acceptors (Lipinski definition) is 2. The fourth-order valence-corrected chi connectivity index (χ4v) is 1.19. The lowest BCUT2D eigenvalue weighted by Crippen LogP contribution is -1.78. The Labute approximate surface area is 72.4 Å². The Kier molecular flexibility index (Phi) is 1.77. The van der Waals surface area contributed by atoms with E-state index in [1.54, 1.807) is 0 Å². The Hall–Kier alpha value is -1.42. The normalized spacial score (nSPS) is 11.0. The average Bonchev–Trinajstić information content (AvgIpc) is 2.56. The summed E-state index contributed by atoms with van der Waals surface area (Å²) < 4.78 is 30.8. The maximum Gasteiger partial charge on any atom is 0.172 e. The van der Waals surface area contributed by atoms with E-state index in [0.717, 1.165) is 12.1 Å². The molecule has 0 amide bonds. The molecule has 0 spiro atoms. The molecule has 68 valence electrons. The molecule has 1 heterocycles. The Balaban J connectivity index is 2.80. The Morgan fingerprint density at radius 2 is 1.92 bits per heavy atom. The molecular weight excluding hydrogens is 178 g/mol. The van der Waals surface area contributed by atoms with E-state index in [1.807, 2.05) is 0 Å². The van der Waals surface area contributed by atoms with Gasteiger partial charge in [0.15, 0.2) is 11.4 Å². The predicted octanol–water partition coefficient (Wildman–Crippen LogP) is 2.20. The summed E-state index contributed by atoms with van der Waals surface area (Å²) in [5.41, 5.74) is -0.149. The van der Waals surface area contributed by atoms with Gasteiger partial charge in [0.05, 0.1) is 5.39 Å². The van der Waals surface area contributed by atoms with E-state index < -0.39 is 11.6 Å². The molecule has 1 aromatic heterocycles. The van der Waals surface area contributed by atoms with Crippen molar-refractivity contribution >= 4 is 11.0 Å². The molecule has 4 heteroatoms. The summed E-state index contributed by atoms with van der Waals surface area (Å²) in [5.74, 6) is -1.03. The highest BCUT2D eigenvalue weighted by Crippen LogP contribution is 2.24. The minimum atomic E-state index is -0.629. The van der Waals surface area contributed by atoms with Crippen LogP contribution in [0.15, 0.2) is 22.6 Å². The topological polar surface area (TPSA) is 33.4 Å². The number of furan rings is 1. The summed E-state index contributed by atoms with van der Waals surface area (Å²) in [5, 5.41) is 8.74. The van der Waals surface area contributed by atoms with Crippen molar-refractivity contribution < 1.29 is 18.3 Å². The summed E-state index contributed by atoms with van der Waals surface area (Å²) in [6, 6.07) is 3.30. The van der Waals surface area contributed by atoms with E-state index in [2.05, 4.69) is 0 Å². The number of benzene rings is 1. The molecule has 0 fully saturated rings. The molecule has 0 aliphatic carbocycles. The molecule has 0 radical (unpaired) electrons. The Morgan fingerprint density at radius 1 is 1.23 bits per heavy atom. The van der Waals surface area contributed by atoms with Gasteiger partial charge in [0, 0.05) is 0 Å². The lowest BCUT2D eigenvalue weighted by molar-refractivity contribution is 0.250. The maximum atomic E-state index is 13.0. The van der Waals surface area contributed by atoms with Crippen molar-refractivity contribution in [2.24, 2.45) is 0 Å². The van der Waals surface area contributed by atoms with Gasteiger partial charge in [-0.25, -0.2) is 8.78 Å². The zero-order valence-corrected chi connectivity index (χ0v) is 6.55. The smallest absolute Gasteiger partial charge is 0.172 e. The van der Waals surface area contributed by atoms with Crippen LogP contribution in [0.5, 0.6) is 0 Å². The second-order valence-electron chi connectivity index (χ2n) is 2.64. The monoisotopic (exact) mass is 184 g/mol. The van der Waals surface area contributed by atoms with Crippen LogP contribution < -0.4 is 0 Å². The van der Waals surface area contributed by atoms with Crippen LogP contribution in [0.3, 0.4) is 0 Å². The first-order valence-electron chi connectivity index (χ1n) is 3.69. The summed E-state index contributed by atoms with van der Waals surface area (Å²) in [7, 11) is 0. The number of aliphatic hydroxyl groups is 1. The van der Waals surface area contributed by atoms with Crippen molar-refractivity contribution in [3.63, 3.8) is 0 Å². The summed E-state index contributed by atoms with van der Waals surface area (Å²) in [6.45, 7) is -0.368. The molecule has 13 heavy (non-hydrogen) atoms. The first-order chi connectivity index (χ1) is 6.22. The molecule has 1 aromatic carbocycles. The third-order valence-corrected chi connectivity index (χ3v) is 1.79. The van der Waals surface area contributed by atoms with Gasteiger partial charge in [0.2, 0.25) is 0 Å². The molecule has 0 atom stereocenters. The van der Waals surface area contributed by atoms with Crippen LogP contribution >= 0.6 is 0 Å². The first-order valence-corrected chi connectivity index (χ1v) is 3.69. The fourth-order valence-electron chi connectivity index (χ4n) is 1.19. The van der Waals surface area contributed by atoms with Crippen LogP contribution in [0.2, 0.25) is 0 Å². The Morgan fingerprint density at radius 3 is 2.54 bits per heavy atom. The van der Waals surface area contributed by atoms with Gasteiger partial charge in [-0.2, -0.15) is 0 Å². The van der Waals surface area contributed by atoms with Gasteiger partial charge in [-0.15, -0.1) is 0 Å². The summed E-state index contributed by atoms with van der Waals surface area (Å²) in [6.07, 6.45) is 0. The van der Waals surface area contributed by atoms with E-state index in [4.69, 9.17) is 9.52 Å². The van der Waals surface area contributed by atoms with Gasteiger partial charge in [0.25, 0.3) is 0 Å². The van der Waals surface area contributed by atoms with E-state index in [0.29, 0.717) is 0 Å². The highest BCUT2D eigenvalue weighted by Gasteiger charge is 2.11. The van der Waals surface area contributed by atoms with Crippen molar-refractivity contribution in [3.05, 3.63) is 35.6 Å². The van der Waals surface area contributed by atoms with E-state index in [-0.39, 0.29) is 23.3 Å². The lowest BCUT2D eigenvalue weighted by Gasteiger charge is -1.91. The molecule has 2 aromatic rings. The van der Waals surface area contributed by atoms with E-state index in [1.165, 1.54) is 6.07 Å². The number of halogens is 2. The van der Waals surface area contributed by atoms with Crippen LogP contribution in [-0.2, 0) is 6.61 Å². The molecule has 0 unspecified atom stereocenters. The van der Waals surface area contributed by atoms with E-state index >= 15 is 0 Å². The molecule has 0 saturated heterocycles. The molecule has 2 rings (SSSR count). The average molecular weight is 184 g/mol. The highest BCUT2D eigenvalue weighted by molar-refractivity contribution is 5.79. The van der Waals surface area contributed by atoms with Crippen LogP contribution in [-0.4, -0.2) is 5.11 Å². The summed E-state index contributed by atoms with van der Waals surface area (Å²) in [4.78, 5) is 0. The fraction of sp³-hybridized carbons (Fsp3) is 0.111. The van der Waals surface area contributed by atoms with Crippen LogP contribution in [0.25, 0.3) is 11.0 Å². The lowest BCUT2D eigenvalue weighted by atomic mass is 10.2. The van der Waals surface area contributed by atoms with Crippen LogP contribution in [0, 0.1) is 11.6 Å². The standard InChI is InChI=1S/C9H6F2O2/c10-7-1-2-8(11)9-6(7)3-5(4-12)13-9/h1-3,12H,4H2. The largest absolute Gasteiger partial charge is 0.455 e. The second kappa shape index (κ2) is 2.81. The molecule has 0 bridgehead atoms. The minimum Gasteiger partial charge on any atom is -0.455 e. The van der Waals surface area contributed by atoms with Gasteiger partial charge < -0.3 is 9.52 Å². The predicted molar refractivity (Wildman–Crippen MR) is 42.1 cm³/mol. The number of rotatable bonds is 1. The quantitative estimate of drug-likeness (QED) is 0.737. The van der Waals surface area contributed by atoms with Gasteiger partial charge >= 0.3 is 0 Å². The number of aliphatic hydroxyl groups excluding tert-OH is 1. The molecule has 1 N–H and O–H groups in total. The van der Waals surface area contributed by atoms with Crippen molar-refractivity contribution in [2.75, 3.05) is 0 Å². The minimum absolute atomic E-state index is 0.0593. The van der Waals surface area contributed by atoms with Gasteiger partial charge in [0.1, 0.15) is 18.2 Å². The number of fused-ring (bicyclic) bond motifs is 1. The molecule has 0 aliphatic rings. The van der Waals surface area contributed by atoms with E-state index in [9.17, 15) is 8.78 Å². The third kappa shape index (κ3) is 1.19. The van der Waals surface area contributed by atoms with Crippen molar-refractivity contribution in [2.45, 2.75) is 6.61 Å². The summed E-state index contributed by atoms with van der Waals surface area (Å²) >= 11 is 0. The molecule has 2 nitrogen and oxygen atoms in total. The van der Waals surface area contributed by atoms with Crippen molar-refractivity contribution in [3.8, 4) is 0 Å². The first kappa shape index (κ1) is 8.19. The second-order valence-corrected chi connectivity index (χ2v) is 2.64. The maximum absolute atomic E-state index is 13.0. The molecular formula is C9H6F2O2. The third-order valence-electron chi connectivity index (χ3n) is 1.79. The Bertz CT molecular complexity index is 409. The van der Waals surface area contributed by atoms with Gasteiger partial charge in [-0.3, -0.25) is 0 Å². The molecule has 0 saturated carbocycles. The van der Waals surface area contributed by atoms with Crippen LogP contribution in [0.1, 0.15) is 5.76 Å². The zero-order chi connectivity index (χ0) is 9.42.